The Balaban J connectivity index is 0.994. The van der Waals surface area contributed by atoms with E-state index in [-0.39, 0.29) is 12.1 Å². The van der Waals surface area contributed by atoms with Crippen LogP contribution in [0.4, 0.5) is 5.69 Å². The molecule has 3 nitrogen and oxygen atoms in total. The summed E-state index contributed by atoms with van der Waals surface area (Å²) >= 11 is 0. The summed E-state index contributed by atoms with van der Waals surface area (Å²) in [6.45, 7) is 0.705. The summed E-state index contributed by atoms with van der Waals surface area (Å²) in [6, 6.07) is 33.8. The smallest absolute Gasteiger partial charge is 0.0591 e. The molecule has 53 heavy (non-hydrogen) atoms. The highest BCUT2D eigenvalue weighted by Crippen LogP contribution is 2.55. The Morgan fingerprint density at radius 1 is 0.755 bits per heavy atom. The lowest BCUT2D eigenvalue weighted by Crippen LogP contribution is -2.46. The number of hydrogen-bond acceptors (Lipinski definition) is 3. The second-order valence-corrected chi connectivity index (χ2v) is 15.3. The number of nitrogens with two attached hydrogens (primary N) is 1. The zero-order valence-electron chi connectivity index (χ0n) is 29.9. The van der Waals surface area contributed by atoms with Crippen molar-refractivity contribution in [3.8, 4) is 0 Å². The first-order valence-electron chi connectivity index (χ1n) is 19.4. The van der Waals surface area contributed by atoms with Crippen molar-refractivity contribution in [2.24, 2.45) is 35.3 Å². The van der Waals surface area contributed by atoms with Crippen molar-refractivity contribution in [1.82, 2.24) is 5.32 Å². The topological polar surface area (TPSA) is 41.3 Å². The van der Waals surface area contributed by atoms with Crippen molar-refractivity contribution < 1.29 is 0 Å². The largest absolute Gasteiger partial charge is 0.381 e. The molecule has 0 spiro atoms. The molecule has 4 aromatic carbocycles. The number of benzene rings is 4. The van der Waals surface area contributed by atoms with Gasteiger partial charge in [0.15, 0.2) is 0 Å². The van der Waals surface area contributed by atoms with Crippen LogP contribution in [0.2, 0.25) is 0 Å². The second kappa shape index (κ2) is 13.4. The third-order valence-corrected chi connectivity index (χ3v) is 12.4. The molecule has 4 aromatic rings. The fraction of sp³-hybridized carbons (Fsp3) is 0.200. The second-order valence-electron chi connectivity index (χ2n) is 15.3. The van der Waals surface area contributed by atoms with Gasteiger partial charge in [-0.05, 0) is 81.3 Å². The summed E-state index contributed by atoms with van der Waals surface area (Å²) in [4.78, 5) is 2.67. The van der Waals surface area contributed by atoms with Gasteiger partial charge in [-0.1, -0.05) is 152 Å². The van der Waals surface area contributed by atoms with Crippen molar-refractivity contribution in [3.05, 3.63) is 203 Å². The Morgan fingerprint density at radius 3 is 2.38 bits per heavy atom. The van der Waals surface area contributed by atoms with Gasteiger partial charge in [0.25, 0.3) is 0 Å². The van der Waals surface area contributed by atoms with Crippen LogP contribution in [-0.4, -0.2) is 12.1 Å². The Morgan fingerprint density at radius 2 is 1.53 bits per heavy atom. The highest BCUT2D eigenvalue weighted by molar-refractivity contribution is 5.86. The molecule has 1 saturated heterocycles. The lowest BCUT2D eigenvalue weighted by atomic mass is 9.61. The number of rotatable bonds is 7. The molecule has 0 radical (unpaired) electrons. The molecule has 7 unspecified atom stereocenters. The van der Waals surface area contributed by atoms with E-state index in [1.807, 2.05) is 0 Å². The lowest BCUT2D eigenvalue weighted by Gasteiger charge is -2.42. The van der Waals surface area contributed by atoms with E-state index >= 15 is 0 Å². The highest BCUT2D eigenvalue weighted by atomic mass is 15.2. The van der Waals surface area contributed by atoms with E-state index < -0.39 is 0 Å². The molecule has 0 saturated carbocycles. The maximum Gasteiger partial charge on any atom is 0.0591 e. The SMILES string of the molecule is NC(/C=C(\NCc1ccc(N2C3=c4ccccc4=C4C=CC5C=CC=CC5C4C3C3C=CC=CC32)cc1)c1ccc2ccccc2c1)C1=CC=CCC1. The zero-order valence-corrected chi connectivity index (χ0v) is 29.9. The van der Waals surface area contributed by atoms with Crippen LogP contribution >= 0.6 is 0 Å². The van der Waals surface area contributed by atoms with E-state index in [4.69, 9.17) is 5.73 Å². The van der Waals surface area contributed by atoms with Gasteiger partial charge in [0.05, 0.1) is 6.04 Å². The van der Waals surface area contributed by atoms with E-state index in [0.717, 1.165) is 24.1 Å². The number of nitrogens with zero attached hydrogens (tertiary/aromatic N) is 1. The Bertz CT molecular complexity index is 2470. The molecule has 6 aliphatic rings. The molecule has 10 rings (SSSR count). The van der Waals surface area contributed by atoms with Gasteiger partial charge < -0.3 is 16.0 Å². The number of fused-ring (bicyclic) bond motifs is 9. The van der Waals surface area contributed by atoms with Gasteiger partial charge in [0.2, 0.25) is 0 Å². The minimum atomic E-state index is -0.145. The monoisotopic (exact) mass is 687 g/mol. The minimum absolute atomic E-state index is 0.145. The molecular weight excluding hydrogens is 643 g/mol. The summed E-state index contributed by atoms with van der Waals surface area (Å²) < 4.78 is 0. The quantitative estimate of drug-likeness (QED) is 0.205. The normalized spacial score (nSPS) is 26.8. The molecule has 0 bridgehead atoms. The van der Waals surface area contributed by atoms with Gasteiger partial charge in [-0.2, -0.15) is 0 Å². The molecular formula is C50H45N3. The van der Waals surface area contributed by atoms with Crippen molar-refractivity contribution >= 4 is 33.4 Å². The first-order chi connectivity index (χ1) is 26.2. The Kier molecular flexibility index (Phi) is 8.10. The summed E-state index contributed by atoms with van der Waals surface area (Å²) in [5.41, 5.74) is 15.8. The summed E-state index contributed by atoms with van der Waals surface area (Å²) in [6.07, 6.45) is 34.5. The fourth-order valence-electron chi connectivity index (χ4n) is 9.89. The Hall–Kier alpha value is -5.64. The van der Waals surface area contributed by atoms with Gasteiger partial charge in [-0.25, -0.2) is 0 Å². The molecule has 3 N–H and O–H groups in total. The predicted octanol–water partition coefficient (Wildman–Crippen LogP) is 8.64. The summed E-state index contributed by atoms with van der Waals surface area (Å²) in [5.74, 6) is 2.15. The van der Waals surface area contributed by atoms with Crippen molar-refractivity contribution in [2.75, 3.05) is 4.90 Å². The van der Waals surface area contributed by atoms with Crippen LogP contribution in [0, 0.1) is 29.6 Å². The Labute approximate surface area is 312 Å². The molecule has 5 aliphatic carbocycles. The van der Waals surface area contributed by atoms with Crippen molar-refractivity contribution in [1.29, 1.82) is 0 Å². The molecule has 1 fully saturated rings. The van der Waals surface area contributed by atoms with Crippen molar-refractivity contribution in [3.63, 3.8) is 0 Å². The molecule has 3 heteroatoms. The lowest BCUT2D eigenvalue weighted by molar-refractivity contribution is 0.304. The third-order valence-electron chi connectivity index (χ3n) is 12.4. The average molecular weight is 688 g/mol. The molecule has 1 aliphatic heterocycles. The molecule has 0 amide bonds. The first-order valence-corrected chi connectivity index (χ1v) is 19.4. The standard InChI is InChI=1S/C50H45N3/c51-45(36-14-2-1-3-15-36)31-46(38-25-24-34-12-4-5-16-37(34)30-38)52-32-33-22-27-39(28-23-33)53-47-21-11-10-20-44(47)49-48-40-17-7-6-13-35(40)26-29-42(48)41-18-8-9-19-43(41)50(49)53/h1-2,4-14,16-31,35,40,44-45,47-49,52H,3,15,32,51H2/b46-31-. The van der Waals surface area contributed by atoms with Gasteiger partial charge >= 0.3 is 0 Å². The van der Waals surface area contributed by atoms with Gasteiger partial charge in [0.1, 0.15) is 0 Å². The van der Waals surface area contributed by atoms with Crippen LogP contribution < -0.4 is 26.4 Å². The van der Waals surface area contributed by atoms with Crippen LogP contribution in [0.25, 0.3) is 27.7 Å². The number of nitrogens with one attached hydrogen (secondary N) is 1. The van der Waals surface area contributed by atoms with Gasteiger partial charge in [-0.15, -0.1) is 0 Å². The van der Waals surface area contributed by atoms with Crippen LogP contribution in [0.1, 0.15) is 24.0 Å². The van der Waals surface area contributed by atoms with Crippen LogP contribution in [-0.2, 0) is 6.54 Å². The van der Waals surface area contributed by atoms with E-state index in [0.29, 0.717) is 36.1 Å². The molecule has 0 aromatic heterocycles. The average Bonchev–Trinajstić information content (AvgIpc) is 3.58. The summed E-state index contributed by atoms with van der Waals surface area (Å²) in [7, 11) is 0. The predicted molar refractivity (Wildman–Crippen MR) is 222 cm³/mol. The van der Waals surface area contributed by atoms with Crippen molar-refractivity contribution in [2.45, 2.75) is 31.5 Å². The van der Waals surface area contributed by atoms with Gasteiger partial charge in [0, 0.05) is 58.6 Å². The minimum Gasteiger partial charge on any atom is -0.381 e. The number of anilines is 1. The van der Waals surface area contributed by atoms with E-state index in [1.165, 1.54) is 49.3 Å². The van der Waals surface area contributed by atoms with E-state index in [9.17, 15) is 0 Å². The number of allylic oxidation sites excluding steroid dienone is 11. The molecule has 1 heterocycles. The van der Waals surface area contributed by atoms with Crippen LogP contribution in [0.5, 0.6) is 0 Å². The van der Waals surface area contributed by atoms with Crippen LogP contribution in [0.3, 0.4) is 0 Å². The summed E-state index contributed by atoms with van der Waals surface area (Å²) in [5, 5.41) is 9.06. The zero-order chi connectivity index (χ0) is 35.3. The third kappa shape index (κ3) is 5.62. The first kappa shape index (κ1) is 32.0. The van der Waals surface area contributed by atoms with Gasteiger partial charge in [-0.3, -0.25) is 0 Å². The highest BCUT2D eigenvalue weighted by Gasteiger charge is 2.52. The number of hydrogen-bond donors (Lipinski definition) is 2. The van der Waals surface area contributed by atoms with E-state index in [2.05, 4.69) is 186 Å². The molecule has 7 atom stereocenters. The van der Waals surface area contributed by atoms with Crippen LogP contribution in [0.15, 0.2) is 182 Å². The maximum atomic E-state index is 6.83. The molecule has 260 valence electrons. The maximum absolute atomic E-state index is 6.83. The van der Waals surface area contributed by atoms with E-state index in [1.54, 1.807) is 0 Å². The fourth-order valence-corrected chi connectivity index (χ4v) is 9.89.